The number of hydrogen-bond acceptors (Lipinski definition) is 3. The van der Waals surface area contributed by atoms with Crippen LogP contribution in [0.25, 0.3) is 0 Å². The number of ether oxygens (including phenoxy) is 1. The van der Waals surface area contributed by atoms with E-state index >= 15 is 0 Å². The number of rotatable bonds is 6. The van der Waals surface area contributed by atoms with Gasteiger partial charge >= 0.3 is 0 Å². The van der Waals surface area contributed by atoms with E-state index in [1.165, 1.54) is 5.56 Å². The molecule has 0 aliphatic heterocycles. The second kappa shape index (κ2) is 7.33. The number of aryl methyl sites for hydroxylation is 1. The summed E-state index contributed by atoms with van der Waals surface area (Å²) in [6, 6.07) is 15.1. The Labute approximate surface area is 124 Å². The highest BCUT2D eigenvalue weighted by atomic mass is 16.5. The smallest absolute Gasteiger partial charge is 0.227 e. The molecule has 0 aliphatic carbocycles. The van der Waals surface area contributed by atoms with Crippen LogP contribution in [0.4, 0.5) is 11.4 Å². The predicted molar refractivity (Wildman–Crippen MR) is 85.4 cm³/mol. The normalized spacial score (nSPS) is 10.1. The van der Waals surface area contributed by atoms with Gasteiger partial charge in [-0.15, -0.1) is 0 Å². The molecule has 4 nitrogen and oxygen atoms in total. The molecule has 2 aromatic carbocycles. The molecular formula is C17H20N2O2. The maximum absolute atomic E-state index is 11.8. The highest BCUT2D eigenvalue weighted by Crippen LogP contribution is 2.19. The van der Waals surface area contributed by atoms with Gasteiger partial charge in [0.2, 0.25) is 5.91 Å². The number of carbonyl (C=O) groups is 1. The van der Waals surface area contributed by atoms with Crippen LogP contribution in [-0.4, -0.2) is 12.5 Å². The summed E-state index contributed by atoms with van der Waals surface area (Å²) in [6.07, 6.45) is 1.27. The van der Waals surface area contributed by atoms with Crippen molar-refractivity contribution in [3.63, 3.8) is 0 Å². The molecule has 0 aliphatic rings. The van der Waals surface area contributed by atoms with Crippen molar-refractivity contribution in [2.45, 2.75) is 19.8 Å². The van der Waals surface area contributed by atoms with E-state index in [-0.39, 0.29) is 12.3 Å². The van der Waals surface area contributed by atoms with Crippen molar-refractivity contribution in [3.05, 3.63) is 54.1 Å². The number of nitrogens with two attached hydrogens (primary N) is 1. The van der Waals surface area contributed by atoms with Crippen LogP contribution < -0.4 is 15.8 Å². The van der Waals surface area contributed by atoms with Crippen molar-refractivity contribution in [3.8, 4) is 5.75 Å². The van der Waals surface area contributed by atoms with Crippen molar-refractivity contribution in [1.29, 1.82) is 0 Å². The lowest BCUT2D eigenvalue weighted by Gasteiger charge is -2.09. The predicted octanol–water partition coefficient (Wildman–Crippen LogP) is 3.24. The minimum absolute atomic E-state index is 0.0752. The number of anilines is 2. The summed E-state index contributed by atoms with van der Waals surface area (Å²) in [6.45, 7) is 2.40. The molecule has 0 radical (unpaired) electrons. The summed E-state index contributed by atoms with van der Waals surface area (Å²) in [7, 11) is 0. The molecule has 0 atom stereocenters. The number of benzene rings is 2. The van der Waals surface area contributed by atoms with Crippen LogP contribution in [-0.2, 0) is 11.2 Å². The first-order valence-corrected chi connectivity index (χ1v) is 7.05. The van der Waals surface area contributed by atoms with Crippen molar-refractivity contribution in [2.24, 2.45) is 0 Å². The second-order valence-corrected chi connectivity index (χ2v) is 4.73. The Hall–Kier alpha value is -2.49. The molecule has 0 fully saturated rings. The number of hydrogen-bond donors (Lipinski definition) is 2. The molecule has 1 amide bonds. The maximum atomic E-state index is 11.8. The summed E-state index contributed by atoms with van der Waals surface area (Å²) in [5, 5.41) is 2.84. The summed E-state index contributed by atoms with van der Waals surface area (Å²) < 4.78 is 5.50. The third kappa shape index (κ3) is 4.53. The zero-order valence-corrected chi connectivity index (χ0v) is 12.1. The Morgan fingerprint density at radius 3 is 2.52 bits per heavy atom. The third-order valence-corrected chi connectivity index (χ3v) is 3.15. The molecule has 0 heterocycles. The topological polar surface area (TPSA) is 64.3 Å². The number of carbonyl (C=O) groups excluding carboxylic acids is 1. The first kappa shape index (κ1) is 14.9. The maximum Gasteiger partial charge on any atom is 0.227 e. The van der Waals surface area contributed by atoms with Crippen molar-refractivity contribution in [2.75, 3.05) is 17.7 Å². The van der Waals surface area contributed by atoms with Gasteiger partial charge in [0.1, 0.15) is 5.75 Å². The van der Waals surface area contributed by atoms with E-state index in [0.717, 1.165) is 12.1 Å². The first-order valence-electron chi connectivity index (χ1n) is 7.05. The van der Waals surface area contributed by atoms with Crippen molar-refractivity contribution >= 4 is 17.3 Å². The molecular weight excluding hydrogens is 264 g/mol. The zero-order valence-electron chi connectivity index (χ0n) is 12.1. The largest absolute Gasteiger partial charge is 0.491 e. The van der Waals surface area contributed by atoms with Crippen LogP contribution in [0.1, 0.15) is 18.9 Å². The van der Waals surface area contributed by atoms with Gasteiger partial charge in [-0.25, -0.2) is 0 Å². The molecule has 0 saturated carbocycles. The summed E-state index contributed by atoms with van der Waals surface area (Å²) in [5.74, 6) is 0.534. The number of amides is 1. The van der Waals surface area contributed by atoms with Gasteiger partial charge in [-0.2, -0.15) is 0 Å². The minimum atomic E-state index is -0.0752. The average Bonchev–Trinajstić information content (AvgIpc) is 2.50. The Morgan fingerprint density at radius 1 is 1.14 bits per heavy atom. The first-order chi connectivity index (χ1) is 10.2. The molecule has 0 spiro atoms. The van der Waals surface area contributed by atoms with Gasteiger partial charge in [-0.3, -0.25) is 4.79 Å². The minimum Gasteiger partial charge on any atom is -0.491 e. The van der Waals surface area contributed by atoms with E-state index in [1.54, 1.807) is 12.1 Å². The SMILES string of the molecule is CCc1ccc(NC(=O)CCOc2ccccc2N)cc1. The molecule has 2 rings (SSSR count). The Morgan fingerprint density at radius 2 is 1.86 bits per heavy atom. The highest BCUT2D eigenvalue weighted by Gasteiger charge is 2.04. The third-order valence-electron chi connectivity index (χ3n) is 3.15. The van der Waals surface area contributed by atoms with Gasteiger partial charge < -0.3 is 15.8 Å². The summed E-state index contributed by atoms with van der Waals surface area (Å²) in [5.41, 5.74) is 8.39. The molecule has 0 unspecified atom stereocenters. The molecule has 4 heteroatoms. The van der Waals surface area contributed by atoms with Crippen LogP contribution in [0, 0.1) is 0 Å². The molecule has 0 aromatic heterocycles. The molecule has 2 aromatic rings. The van der Waals surface area contributed by atoms with E-state index in [0.29, 0.717) is 18.0 Å². The second-order valence-electron chi connectivity index (χ2n) is 4.73. The number of nitrogen functional groups attached to an aromatic ring is 1. The van der Waals surface area contributed by atoms with Gasteiger partial charge in [0.05, 0.1) is 18.7 Å². The van der Waals surface area contributed by atoms with Crippen molar-refractivity contribution in [1.82, 2.24) is 0 Å². The molecule has 0 bridgehead atoms. The van der Waals surface area contributed by atoms with Crippen molar-refractivity contribution < 1.29 is 9.53 Å². The van der Waals surface area contributed by atoms with Crippen LogP contribution in [0.5, 0.6) is 5.75 Å². The van der Waals surface area contributed by atoms with Gasteiger partial charge in [0, 0.05) is 5.69 Å². The fourth-order valence-electron chi connectivity index (χ4n) is 1.91. The lowest BCUT2D eigenvalue weighted by molar-refractivity contribution is -0.116. The zero-order chi connectivity index (χ0) is 15.1. The van der Waals surface area contributed by atoms with Gasteiger partial charge in [0.25, 0.3) is 0 Å². The highest BCUT2D eigenvalue weighted by molar-refractivity contribution is 5.90. The molecule has 3 N–H and O–H groups in total. The van der Waals surface area contributed by atoms with E-state index in [1.807, 2.05) is 36.4 Å². The van der Waals surface area contributed by atoms with Crippen LogP contribution in [0.3, 0.4) is 0 Å². The monoisotopic (exact) mass is 284 g/mol. The molecule has 110 valence electrons. The standard InChI is InChI=1S/C17H20N2O2/c1-2-13-7-9-14(10-8-13)19-17(20)11-12-21-16-6-4-3-5-15(16)18/h3-10H,2,11-12,18H2,1H3,(H,19,20). The van der Waals surface area contributed by atoms with E-state index in [2.05, 4.69) is 12.2 Å². The summed E-state index contributed by atoms with van der Waals surface area (Å²) >= 11 is 0. The fourth-order valence-corrected chi connectivity index (χ4v) is 1.91. The number of para-hydroxylation sites is 2. The van der Waals surface area contributed by atoms with E-state index in [9.17, 15) is 4.79 Å². The van der Waals surface area contributed by atoms with Gasteiger partial charge in [-0.1, -0.05) is 31.2 Å². The van der Waals surface area contributed by atoms with Crippen LogP contribution >= 0.6 is 0 Å². The van der Waals surface area contributed by atoms with E-state index < -0.39 is 0 Å². The van der Waals surface area contributed by atoms with Gasteiger partial charge in [0.15, 0.2) is 0 Å². The van der Waals surface area contributed by atoms with Crippen LogP contribution in [0.2, 0.25) is 0 Å². The van der Waals surface area contributed by atoms with Crippen LogP contribution in [0.15, 0.2) is 48.5 Å². The fraction of sp³-hybridized carbons (Fsp3) is 0.235. The van der Waals surface area contributed by atoms with Gasteiger partial charge in [-0.05, 0) is 36.2 Å². The quantitative estimate of drug-likeness (QED) is 0.800. The Kier molecular flexibility index (Phi) is 5.21. The Bertz CT molecular complexity index is 594. The van der Waals surface area contributed by atoms with E-state index in [4.69, 9.17) is 10.5 Å². The Balaban J connectivity index is 1.78. The molecule has 21 heavy (non-hydrogen) atoms. The number of nitrogens with one attached hydrogen (secondary N) is 1. The molecule has 0 saturated heterocycles. The lowest BCUT2D eigenvalue weighted by atomic mass is 10.1. The lowest BCUT2D eigenvalue weighted by Crippen LogP contribution is -2.15. The average molecular weight is 284 g/mol. The summed E-state index contributed by atoms with van der Waals surface area (Å²) in [4.78, 5) is 11.8.